The molecule has 20 heavy (non-hydrogen) atoms. The molecule has 0 aliphatic carbocycles. The smallest absolute Gasteiger partial charge is 0.331 e. The Kier molecular flexibility index (Phi) is 5.44. The van der Waals surface area contributed by atoms with Crippen LogP contribution in [-0.2, 0) is 15.3 Å². The fourth-order valence-corrected chi connectivity index (χ4v) is 2.71. The molecule has 0 bridgehead atoms. The van der Waals surface area contributed by atoms with Crippen molar-refractivity contribution in [3.63, 3.8) is 0 Å². The lowest BCUT2D eigenvalue weighted by Gasteiger charge is -2.07. The van der Waals surface area contributed by atoms with Gasteiger partial charge < -0.3 is 4.74 Å². The van der Waals surface area contributed by atoms with Crippen molar-refractivity contribution in [3.05, 3.63) is 77.9 Å². The molecule has 0 N–H and O–H groups in total. The Morgan fingerprint density at radius 1 is 1.05 bits per heavy atom. The largest absolute Gasteiger partial charge is 0.466 e. The van der Waals surface area contributed by atoms with Gasteiger partial charge >= 0.3 is 5.97 Å². The van der Waals surface area contributed by atoms with Crippen LogP contribution in [0, 0.1) is 0 Å². The minimum Gasteiger partial charge on any atom is -0.466 e. The van der Waals surface area contributed by atoms with E-state index in [1.165, 1.54) is 12.7 Å². The summed E-state index contributed by atoms with van der Waals surface area (Å²) in [5, 5.41) is 0. The van der Waals surface area contributed by atoms with Gasteiger partial charge in [0.1, 0.15) is 0 Å². The quantitative estimate of drug-likeness (QED) is 0.610. The van der Waals surface area contributed by atoms with E-state index in [-0.39, 0.29) is 5.97 Å². The molecule has 0 aliphatic rings. The zero-order chi connectivity index (χ0) is 14.2. The second-order valence-electron chi connectivity index (χ2n) is 4.17. The van der Waals surface area contributed by atoms with Crippen LogP contribution in [0.4, 0.5) is 0 Å². The average molecular weight is 284 g/mol. The Balaban J connectivity index is 2.16. The minimum atomic E-state index is -0.329. The van der Waals surface area contributed by atoms with Gasteiger partial charge in [0, 0.05) is 16.7 Å². The monoisotopic (exact) mass is 284 g/mol. The minimum absolute atomic E-state index is 0.329. The van der Waals surface area contributed by atoms with Gasteiger partial charge in [-0.15, -0.1) is 11.8 Å². The van der Waals surface area contributed by atoms with E-state index in [0.29, 0.717) is 0 Å². The summed E-state index contributed by atoms with van der Waals surface area (Å²) in [7, 11) is 1.39. The van der Waals surface area contributed by atoms with Crippen LogP contribution in [0.5, 0.6) is 0 Å². The van der Waals surface area contributed by atoms with E-state index in [1.54, 1.807) is 17.8 Å². The predicted octanol–water partition coefficient (Wildman–Crippen LogP) is 4.13. The first kappa shape index (κ1) is 14.4. The summed E-state index contributed by atoms with van der Waals surface area (Å²) in [4.78, 5) is 12.4. The highest BCUT2D eigenvalue weighted by Gasteiger charge is 2.06. The number of rotatable bonds is 5. The highest BCUT2D eigenvalue weighted by atomic mass is 32.2. The van der Waals surface area contributed by atoms with E-state index in [0.717, 1.165) is 16.2 Å². The summed E-state index contributed by atoms with van der Waals surface area (Å²) in [5.41, 5.74) is 2.25. The first-order valence-corrected chi connectivity index (χ1v) is 7.30. The Labute approximate surface area is 123 Å². The second kappa shape index (κ2) is 7.56. The lowest BCUT2D eigenvalue weighted by atomic mass is 10.2. The van der Waals surface area contributed by atoms with Crippen LogP contribution in [0.2, 0.25) is 0 Å². The number of benzene rings is 2. The molecule has 0 unspecified atom stereocenters. The van der Waals surface area contributed by atoms with Crippen molar-refractivity contribution in [2.24, 2.45) is 0 Å². The predicted molar refractivity (Wildman–Crippen MR) is 84.2 cm³/mol. The molecule has 0 spiro atoms. The number of carbonyl (C=O) groups is 1. The number of hydrogen-bond acceptors (Lipinski definition) is 3. The maximum atomic E-state index is 11.5. The van der Waals surface area contributed by atoms with Crippen molar-refractivity contribution < 1.29 is 9.53 Å². The van der Waals surface area contributed by atoms with Crippen LogP contribution in [-0.4, -0.2) is 13.1 Å². The van der Waals surface area contributed by atoms with Gasteiger partial charge in [-0.2, -0.15) is 0 Å². The topological polar surface area (TPSA) is 26.3 Å². The van der Waals surface area contributed by atoms with Crippen LogP contribution >= 0.6 is 11.8 Å². The Morgan fingerprint density at radius 3 is 2.25 bits per heavy atom. The molecule has 0 saturated heterocycles. The van der Waals surface area contributed by atoms with Gasteiger partial charge in [0.15, 0.2) is 0 Å². The van der Waals surface area contributed by atoms with Crippen molar-refractivity contribution >= 4 is 22.6 Å². The number of hydrogen-bond donors (Lipinski definition) is 0. The Bertz CT molecular complexity index is 576. The summed E-state index contributed by atoms with van der Waals surface area (Å²) >= 11 is 1.63. The molecule has 2 nitrogen and oxygen atoms in total. The molecule has 0 atom stereocenters. The number of esters is 1. The van der Waals surface area contributed by atoms with E-state index < -0.39 is 0 Å². The first-order valence-electron chi connectivity index (χ1n) is 6.31. The summed E-state index contributed by atoms with van der Waals surface area (Å²) < 4.78 is 4.73. The van der Waals surface area contributed by atoms with Crippen molar-refractivity contribution in [2.45, 2.75) is 5.75 Å². The van der Waals surface area contributed by atoms with Gasteiger partial charge in [-0.3, -0.25) is 0 Å². The molecule has 0 radical (unpaired) electrons. The highest BCUT2D eigenvalue weighted by molar-refractivity contribution is 8.07. The molecule has 3 heteroatoms. The van der Waals surface area contributed by atoms with Gasteiger partial charge in [-0.1, -0.05) is 60.7 Å². The summed E-state index contributed by atoms with van der Waals surface area (Å²) in [5.74, 6) is 0.489. The van der Waals surface area contributed by atoms with E-state index >= 15 is 0 Å². The third kappa shape index (κ3) is 4.28. The van der Waals surface area contributed by atoms with Crippen LogP contribution < -0.4 is 0 Å². The van der Waals surface area contributed by atoms with Gasteiger partial charge in [0.25, 0.3) is 0 Å². The van der Waals surface area contributed by atoms with E-state index in [2.05, 4.69) is 12.1 Å². The molecular formula is C17H16O2S. The number of carbonyl (C=O) groups excluding carboxylic acids is 1. The molecule has 0 fully saturated rings. The molecule has 0 amide bonds. The molecule has 102 valence electrons. The van der Waals surface area contributed by atoms with Crippen molar-refractivity contribution in [1.82, 2.24) is 0 Å². The third-order valence-corrected chi connectivity index (χ3v) is 3.89. The molecule has 2 aromatic rings. The standard InChI is InChI=1S/C17H16O2S/c1-19-17(18)12-16(15-10-6-3-7-11-15)20-13-14-8-4-2-5-9-14/h2-12H,13H2,1H3. The van der Waals surface area contributed by atoms with Crippen LogP contribution in [0.1, 0.15) is 11.1 Å². The van der Waals surface area contributed by atoms with E-state index in [1.807, 2.05) is 48.5 Å². The van der Waals surface area contributed by atoms with Gasteiger partial charge in [0.05, 0.1) is 7.11 Å². The molecule has 2 rings (SSSR count). The lowest BCUT2D eigenvalue weighted by molar-refractivity contribution is -0.134. The lowest BCUT2D eigenvalue weighted by Crippen LogP contribution is -1.96. The highest BCUT2D eigenvalue weighted by Crippen LogP contribution is 2.30. The maximum Gasteiger partial charge on any atom is 0.331 e. The van der Waals surface area contributed by atoms with Crippen LogP contribution in [0.25, 0.3) is 4.91 Å². The van der Waals surface area contributed by atoms with Gasteiger partial charge in [-0.05, 0) is 11.1 Å². The van der Waals surface area contributed by atoms with Gasteiger partial charge in [0.2, 0.25) is 0 Å². The maximum absolute atomic E-state index is 11.5. The number of ether oxygens (including phenoxy) is 1. The molecular weight excluding hydrogens is 268 g/mol. The van der Waals surface area contributed by atoms with E-state index in [4.69, 9.17) is 4.74 Å². The summed E-state index contributed by atoms with van der Waals surface area (Å²) in [6.45, 7) is 0. The third-order valence-electron chi connectivity index (χ3n) is 2.75. The summed E-state index contributed by atoms with van der Waals surface area (Å²) in [6.07, 6.45) is 1.54. The zero-order valence-corrected chi connectivity index (χ0v) is 12.1. The molecule has 2 aromatic carbocycles. The average Bonchev–Trinajstić information content (AvgIpc) is 2.53. The number of methoxy groups -OCH3 is 1. The van der Waals surface area contributed by atoms with Crippen molar-refractivity contribution in [2.75, 3.05) is 7.11 Å². The molecule has 0 aromatic heterocycles. The molecule has 0 saturated carbocycles. The van der Waals surface area contributed by atoms with Crippen molar-refractivity contribution in [1.29, 1.82) is 0 Å². The van der Waals surface area contributed by atoms with Gasteiger partial charge in [-0.25, -0.2) is 4.79 Å². The second-order valence-corrected chi connectivity index (χ2v) is 5.19. The SMILES string of the molecule is COC(=O)C=C(SCc1ccccc1)c1ccccc1. The molecule has 0 aliphatic heterocycles. The Morgan fingerprint density at radius 2 is 1.65 bits per heavy atom. The van der Waals surface area contributed by atoms with Crippen molar-refractivity contribution in [3.8, 4) is 0 Å². The fraction of sp³-hybridized carbons (Fsp3) is 0.118. The normalized spacial score (nSPS) is 11.2. The fourth-order valence-electron chi connectivity index (χ4n) is 1.71. The van der Waals surface area contributed by atoms with Crippen LogP contribution in [0.3, 0.4) is 0 Å². The van der Waals surface area contributed by atoms with Crippen LogP contribution in [0.15, 0.2) is 66.7 Å². The number of thioether (sulfide) groups is 1. The Hall–Kier alpha value is -2.00. The zero-order valence-electron chi connectivity index (χ0n) is 11.3. The summed E-state index contributed by atoms with van der Waals surface area (Å²) in [6, 6.07) is 20.1. The molecule has 0 heterocycles. The first-order chi connectivity index (χ1) is 9.79. The van der Waals surface area contributed by atoms with E-state index in [9.17, 15) is 4.79 Å².